The van der Waals surface area contributed by atoms with Gasteiger partial charge in [0.2, 0.25) is 0 Å². The second-order valence-electron chi connectivity index (χ2n) is 7.29. The van der Waals surface area contributed by atoms with Gasteiger partial charge in [-0.2, -0.15) is 0 Å². The Kier molecular flexibility index (Phi) is 4.07. The fourth-order valence-electron chi connectivity index (χ4n) is 4.01. The molecular weight excluding hydrogens is 290 g/mol. The molecule has 0 aromatic carbocycles. The predicted molar refractivity (Wildman–Crippen MR) is 87.1 cm³/mol. The molecule has 1 aliphatic carbocycles. The Morgan fingerprint density at radius 2 is 2.09 bits per heavy atom. The number of pyridine rings is 1. The first-order chi connectivity index (χ1) is 11.3. The van der Waals surface area contributed by atoms with Crippen molar-refractivity contribution in [3.05, 3.63) is 30.1 Å². The molecule has 3 fully saturated rings. The van der Waals surface area contributed by atoms with E-state index in [0.717, 1.165) is 45.0 Å². The lowest BCUT2D eigenvalue weighted by atomic mass is 9.79. The predicted octanol–water partition coefficient (Wildman–Crippen LogP) is 1.70. The van der Waals surface area contributed by atoms with Crippen LogP contribution < -0.4 is 5.32 Å². The minimum atomic E-state index is -0.00988. The maximum absolute atomic E-state index is 12.1. The number of likely N-dealkylation sites (tertiary alicyclic amines) is 1. The molecule has 1 spiro atoms. The van der Waals surface area contributed by atoms with E-state index in [1.807, 2.05) is 0 Å². The second-order valence-corrected chi connectivity index (χ2v) is 7.29. The zero-order chi connectivity index (χ0) is 15.7. The van der Waals surface area contributed by atoms with Crippen molar-refractivity contribution in [3.8, 4) is 0 Å². The van der Waals surface area contributed by atoms with Gasteiger partial charge in [0.25, 0.3) is 5.91 Å². The SMILES string of the molecule is O=C(NCC[C@@H]1CCOC12CN(CC1CC1)C2)c1ccncc1. The zero-order valence-corrected chi connectivity index (χ0v) is 13.5. The van der Waals surface area contributed by atoms with Crippen LogP contribution in [0.3, 0.4) is 0 Å². The van der Waals surface area contributed by atoms with Crippen LogP contribution in [0.2, 0.25) is 0 Å². The molecule has 2 aliphatic heterocycles. The van der Waals surface area contributed by atoms with Crippen molar-refractivity contribution < 1.29 is 9.53 Å². The Labute approximate surface area is 137 Å². The number of rotatable bonds is 6. The van der Waals surface area contributed by atoms with Gasteiger partial charge in [0.05, 0.1) is 5.60 Å². The monoisotopic (exact) mass is 315 g/mol. The average molecular weight is 315 g/mol. The Morgan fingerprint density at radius 1 is 1.30 bits per heavy atom. The van der Waals surface area contributed by atoms with E-state index < -0.39 is 0 Å². The fraction of sp³-hybridized carbons (Fsp3) is 0.667. The molecule has 23 heavy (non-hydrogen) atoms. The molecule has 5 nitrogen and oxygen atoms in total. The molecule has 124 valence electrons. The van der Waals surface area contributed by atoms with Gasteiger partial charge in [-0.05, 0) is 49.7 Å². The Bertz CT molecular complexity index is 553. The van der Waals surface area contributed by atoms with E-state index >= 15 is 0 Å². The normalized spacial score (nSPS) is 26.2. The zero-order valence-electron chi connectivity index (χ0n) is 13.5. The summed E-state index contributed by atoms with van der Waals surface area (Å²) in [5.74, 6) is 1.52. The van der Waals surface area contributed by atoms with E-state index in [1.165, 1.54) is 19.4 Å². The van der Waals surface area contributed by atoms with Gasteiger partial charge in [-0.25, -0.2) is 0 Å². The molecule has 4 rings (SSSR count). The average Bonchev–Trinajstić information content (AvgIpc) is 3.26. The lowest BCUT2D eigenvalue weighted by molar-refractivity contribution is -0.134. The summed E-state index contributed by atoms with van der Waals surface area (Å²) in [6, 6.07) is 3.49. The van der Waals surface area contributed by atoms with Gasteiger partial charge in [0.15, 0.2) is 0 Å². The number of nitrogens with zero attached hydrogens (tertiary/aromatic N) is 2. The van der Waals surface area contributed by atoms with E-state index in [1.54, 1.807) is 24.5 Å². The van der Waals surface area contributed by atoms with Crippen LogP contribution in [0.15, 0.2) is 24.5 Å². The van der Waals surface area contributed by atoms with Gasteiger partial charge in [0.1, 0.15) is 0 Å². The standard InChI is InChI=1S/C18H25N3O2/c22-17(15-3-7-19-8-4-15)20-9-5-16-6-10-23-18(16)12-21(13-18)11-14-1-2-14/h3-4,7-8,14,16H,1-2,5-6,9-13H2,(H,20,22)/t16-/m1/s1. The number of amides is 1. The molecule has 2 saturated heterocycles. The Hall–Kier alpha value is -1.46. The van der Waals surface area contributed by atoms with Crippen LogP contribution in [-0.4, -0.2) is 54.2 Å². The third-order valence-corrected chi connectivity index (χ3v) is 5.52. The van der Waals surface area contributed by atoms with Crippen LogP contribution in [-0.2, 0) is 4.74 Å². The summed E-state index contributed by atoms with van der Waals surface area (Å²) in [6.45, 7) is 5.04. The van der Waals surface area contributed by atoms with Gasteiger partial charge in [-0.15, -0.1) is 0 Å². The third kappa shape index (κ3) is 3.26. The summed E-state index contributed by atoms with van der Waals surface area (Å²) in [6.07, 6.45) is 8.26. The molecule has 3 aliphatic rings. The van der Waals surface area contributed by atoms with Gasteiger partial charge in [-0.3, -0.25) is 14.7 Å². The molecule has 5 heteroatoms. The van der Waals surface area contributed by atoms with Gasteiger partial charge in [-0.1, -0.05) is 0 Å². The van der Waals surface area contributed by atoms with Crippen LogP contribution in [0.1, 0.15) is 36.0 Å². The van der Waals surface area contributed by atoms with Crippen molar-refractivity contribution >= 4 is 5.91 Å². The summed E-state index contributed by atoms with van der Waals surface area (Å²) >= 11 is 0. The minimum Gasteiger partial charge on any atom is -0.372 e. The molecule has 1 N–H and O–H groups in total. The summed E-state index contributed by atoms with van der Waals surface area (Å²) in [5.41, 5.74) is 0.757. The van der Waals surface area contributed by atoms with Crippen LogP contribution >= 0.6 is 0 Å². The smallest absolute Gasteiger partial charge is 0.251 e. The quantitative estimate of drug-likeness (QED) is 0.868. The van der Waals surface area contributed by atoms with Gasteiger partial charge in [0, 0.05) is 50.7 Å². The van der Waals surface area contributed by atoms with Crippen LogP contribution in [0.4, 0.5) is 0 Å². The van der Waals surface area contributed by atoms with Crippen molar-refractivity contribution in [2.45, 2.75) is 31.3 Å². The van der Waals surface area contributed by atoms with Crippen molar-refractivity contribution in [1.82, 2.24) is 15.2 Å². The highest BCUT2D eigenvalue weighted by molar-refractivity contribution is 5.93. The maximum Gasteiger partial charge on any atom is 0.251 e. The van der Waals surface area contributed by atoms with E-state index in [4.69, 9.17) is 4.74 Å². The maximum atomic E-state index is 12.1. The molecule has 3 heterocycles. The van der Waals surface area contributed by atoms with Crippen LogP contribution in [0.5, 0.6) is 0 Å². The molecule has 1 atom stereocenters. The third-order valence-electron chi connectivity index (χ3n) is 5.52. The first kappa shape index (κ1) is 15.1. The molecule has 0 radical (unpaired) electrons. The minimum absolute atomic E-state index is 0.00988. The van der Waals surface area contributed by atoms with Crippen molar-refractivity contribution in [1.29, 1.82) is 0 Å². The van der Waals surface area contributed by atoms with Gasteiger partial charge >= 0.3 is 0 Å². The van der Waals surface area contributed by atoms with Crippen molar-refractivity contribution in [2.75, 3.05) is 32.8 Å². The lowest BCUT2D eigenvalue weighted by Gasteiger charge is -2.50. The highest BCUT2D eigenvalue weighted by Crippen LogP contribution is 2.43. The number of carbonyl (C=O) groups excluding carboxylic acids is 1. The molecular formula is C18H25N3O2. The van der Waals surface area contributed by atoms with Crippen LogP contribution in [0, 0.1) is 11.8 Å². The highest BCUT2D eigenvalue weighted by Gasteiger charge is 2.52. The highest BCUT2D eigenvalue weighted by atomic mass is 16.5. The van der Waals surface area contributed by atoms with Crippen LogP contribution in [0.25, 0.3) is 0 Å². The molecule has 0 bridgehead atoms. The van der Waals surface area contributed by atoms with Crippen molar-refractivity contribution in [3.63, 3.8) is 0 Å². The number of nitrogens with one attached hydrogen (secondary N) is 1. The number of hydrogen-bond acceptors (Lipinski definition) is 4. The van der Waals surface area contributed by atoms with E-state index in [-0.39, 0.29) is 11.5 Å². The first-order valence-corrected chi connectivity index (χ1v) is 8.80. The lowest BCUT2D eigenvalue weighted by Crippen LogP contribution is -2.65. The largest absolute Gasteiger partial charge is 0.372 e. The van der Waals surface area contributed by atoms with E-state index in [0.29, 0.717) is 11.5 Å². The summed E-state index contributed by atoms with van der Waals surface area (Å²) < 4.78 is 6.10. The Balaban J connectivity index is 1.23. The number of ether oxygens (including phenoxy) is 1. The van der Waals surface area contributed by atoms with E-state index in [2.05, 4.69) is 15.2 Å². The van der Waals surface area contributed by atoms with Gasteiger partial charge < -0.3 is 10.1 Å². The Morgan fingerprint density at radius 3 is 2.83 bits per heavy atom. The summed E-state index contributed by atoms with van der Waals surface area (Å²) in [7, 11) is 0. The summed E-state index contributed by atoms with van der Waals surface area (Å²) in [4.78, 5) is 18.6. The molecule has 0 unspecified atom stereocenters. The number of hydrogen-bond donors (Lipinski definition) is 1. The summed E-state index contributed by atoms with van der Waals surface area (Å²) in [5, 5.41) is 3.03. The molecule has 1 aromatic heterocycles. The fourth-order valence-corrected chi connectivity index (χ4v) is 4.01. The number of aromatic nitrogens is 1. The topological polar surface area (TPSA) is 54.5 Å². The first-order valence-electron chi connectivity index (χ1n) is 8.80. The molecule has 1 aromatic rings. The van der Waals surface area contributed by atoms with Crippen molar-refractivity contribution in [2.24, 2.45) is 11.8 Å². The molecule has 1 amide bonds. The molecule has 1 saturated carbocycles. The second kappa shape index (κ2) is 6.21. The number of carbonyl (C=O) groups is 1. The van der Waals surface area contributed by atoms with E-state index in [9.17, 15) is 4.79 Å².